The van der Waals surface area contributed by atoms with E-state index in [1.807, 2.05) is 13.0 Å². The minimum absolute atomic E-state index is 0.0289. The van der Waals surface area contributed by atoms with Crippen molar-refractivity contribution in [1.29, 1.82) is 0 Å². The summed E-state index contributed by atoms with van der Waals surface area (Å²) in [7, 11) is 1.79. The van der Waals surface area contributed by atoms with Crippen LogP contribution in [0.2, 0.25) is 0 Å². The Hall–Kier alpha value is -1.53. The number of hydrogen-bond donors (Lipinski definition) is 1. The van der Waals surface area contributed by atoms with E-state index in [9.17, 15) is 8.78 Å². The van der Waals surface area contributed by atoms with Crippen LogP contribution in [0.4, 0.5) is 8.78 Å². The lowest BCUT2D eigenvalue weighted by atomic mass is 10.1. The van der Waals surface area contributed by atoms with Gasteiger partial charge < -0.3 is 10.1 Å². The fourth-order valence-corrected chi connectivity index (χ4v) is 2.09. The summed E-state index contributed by atoms with van der Waals surface area (Å²) in [5.74, 6) is -1.98. The molecule has 6 heteroatoms. The normalized spacial score (nSPS) is 12.2. The number of halogens is 3. The van der Waals surface area contributed by atoms with Crippen LogP contribution in [0.15, 0.2) is 34.9 Å². The van der Waals surface area contributed by atoms with Gasteiger partial charge in [0.25, 0.3) is 0 Å². The molecule has 0 amide bonds. The summed E-state index contributed by atoms with van der Waals surface area (Å²) in [5.41, 5.74) is 0.759. The van der Waals surface area contributed by atoms with Crippen LogP contribution in [0.25, 0.3) is 0 Å². The van der Waals surface area contributed by atoms with Crippen LogP contribution in [0.1, 0.15) is 18.5 Å². The van der Waals surface area contributed by atoms with Crippen molar-refractivity contribution in [3.8, 4) is 11.6 Å². The van der Waals surface area contributed by atoms with Gasteiger partial charge in [-0.2, -0.15) is 4.39 Å². The molecule has 0 saturated heterocycles. The molecule has 1 heterocycles. The van der Waals surface area contributed by atoms with Crippen molar-refractivity contribution < 1.29 is 13.5 Å². The largest absolute Gasteiger partial charge is 0.435 e. The van der Waals surface area contributed by atoms with Gasteiger partial charge in [-0.25, -0.2) is 9.37 Å². The molecular weight excluding hydrogens is 330 g/mol. The molecule has 0 aliphatic heterocycles. The number of ether oxygens (including phenoxy) is 1. The van der Waals surface area contributed by atoms with Crippen LogP contribution in [-0.2, 0) is 0 Å². The summed E-state index contributed by atoms with van der Waals surface area (Å²) in [4.78, 5) is 4.08. The Bertz CT molecular complexity index is 622. The van der Waals surface area contributed by atoms with Gasteiger partial charge in [0, 0.05) is 22.3 Å². The van der Waals surface area contributed by atoms with Crippen molar-refractivity contribution in [3.05, 3.63) is 52.1 Å². The van der Waals surface area contributed by atoms with Gasteiger partial charge in [-0.3, -0.25) is 0 Å². The van der Waals surface area contributed by atoms with Crippen LogP contribution >= 0.6 is 15.9 Å². The Labute approximate surface area is 124 Å². The van der Waals surface area contributed by atoms with E-state index >= 15 is 0 Å². The number of aromatic nitrogens is 1. The van der Waals surface area contributed by atoms with E-state index in [1.54, 1.807) is 13.1 Å². The third-order valence-electron chi connectivity index (χ3n) is 2.87. The van der Waals surface area contributed by atoms with E-state index in [1.165, 1.54) is 12.3 Å². The molecule has 20 heavy (non-hydrogen) atoms. The minimum atomic E-state index is -1.04. The van der Waals surface area contributed by atoms with Crippen molar-refractivity contribution in [2.45, 2.75) is 13.0 Å². The molecule has 1 N–H and O–H groups in total. The highest BCUT2D eigenvalue weighted by molar-refractivity contribution is 9.10. The number of pyridine rings is 1. The maximum atomic E-state index is 13.7. The molecule has 1 atom stereocenters. The maximum absolute atomic E-state index is 13.7. The molecule has 3 nitrogen and oxygen atoms in total. The summed E-state index contributed by atoms with van der Waals surface area (Å²) in [6.45, 7) is 1.92. The first kappa shape index (κ1) is 14.9. The van der Waals surface area contributed by atoms with Gasteiger partial charge in [0.1, 0.15) is 0 Å². The van der Waals surface area contributed by atoms with Crippen molar-refractivity contribution in [3.63, 3.8) is 0 Å². The molecule has 2 aromatic rings. The van der Waals surface area contributed by atoms with Crippen LogP contribution in [0, 0.1) is 11.6 Å². The lowest BCUT2D eigenvalue weighted by Crippen LogP contribution is -2.13. The molecule has 1 aromatic carbocycles. The van der Waals surface area contributed by atoms with E-state index in [-0.39, 0.29) is 17.7 Å². The molecule has 106 valence electrons. The average molecular weight is 343 g/mol. The van der Waals surface area contributed by atoms with Crippen LogP contribution in [-0.4, -0.2) is 12.0 Å². The molecule has 0 saturated carbocycles. The standard InChI is InChI=1S/C14H13BrF2N2O/c1-8(18-2)10-4-3-5-19-14(10)20-12-7-9(15)6-11(16)13(12)17/h3-8,18H,1-2H3. The molecule has 0 aliphatic rings. The van der Waals surface area contributed by atoms with E-state index < -0.39 is 11.6 Å². The van der Waals surface area contributed by atoms with Gasteiger partial charge in [-0.05, 0) is 32.2 Å². The molecule has 1 unspecified atom stereocenters. The van der Waals surface area contributed by atoms with Gasteiger partial charge in [-0.1, -0.05) is 22.0 Å². The molecular formula is C14H13BrF2N2O. The molecule has 0 spiro atoms. The fourth-order valence-electron chi connectivity index (χ4n) is 1.68. The Kier molecular flexibility index (Phi) is 4.67. The Morgan fingerprint density at radius 1 is 1.35 bits per heavy atom. The van der Waals surface area contributed by atoms with Crippen LogP contribution in [0.3, 0.4) is 0 Å². The fraction of sp³-hybridized carbons (Fsp3) is 0.214. The lowest BCUT2D eigenvalue weighted by molar-refractivity contribution is 0.397. The molecule has 0 aliphatic carbocycles. The molecule has 0 radical (unpaired) electrons. The molecule has 2 rings (SSSR count). The topological polar surface area (TPSA) is 34.2 Å². The Morgan fingerprint density at radius 2 is 2.10 bits per heavy atom. The summed E-state index contributed by atoms with van der Waals surface area (Å²) in [5, 5.41) is 3.05. The van der Waals surface area contributed by atoms with Crippen molar-refractivity contribution in [1.82, 2.24) is 10.3 Å². The summed E-state index contributed by atoms with van der Waals surface area (Å²) >= 11 is 3.10. The molecule has 0 fully saturated rings. The molecule has 0 bridgehead atoms. The third-order valence-corrected chi connectivity index (χ3v) is 3.32. The average Bonchev–Trinajstić information content (AvgIpc) is 2.44. The molecule has 1 aromatic heterocycles. The Balaban J connectivity index is 2.40. The van der Waals surface area contributed by atoms with Crippen LogP contribution in [0.5, 0.6) is 11.6 Å². The third kappa shape index (κ3) is 3.13. The predicted molar refractivity (Wildman–Crippen MR) is 75.8 cm³/mol. The number of benzene rings is 1. The summed E-state index contributed by atoms with van der Waals surface area (Å²) in [6.07, 6.45) is 1.54. The summed E-state index contributed by atoms with van der Waals surface area (Å²) in [6, 6.07) is 5.95. The zero-order valence-corrected chi connectivity index (χ0v) is 12.5. The highest BCUT2D eigenvalue weighted by Gasteiger charge is 2.16. The van der Waals surface area contributed by atoms with E-state index in [0.717, 1.165) is 11.6 Å². The maximum Gasteiger partial charge on any atom is 0.224 e. The number of rotatable bonds is 4. The Morgan fingerprint density at radius 3 is 2.80 bits per heavy atom. The zero-order valence-electron chi connectivity index (χ0n) is 11.0. The van der Waals surface area contributed by atoms with E-state index in [2.05, 4.69) is 26.2 Å². The number of nitrogens with one attached hydrogen (secondary N) is 1. The quantitative estimate of drug-likeness (QED) is 0.845. The monoisotopic (exact) mass is 342 g/mol. The van der Waals surface area contributed by atoms with Gasteiger partial charge in [0.2, 0.25) is 11.7 Å². The highest BCUT2D eigenvalue weighted by atomic mass is 79.9. The first-order chi connectivity index (χ1) is 9.52. The first-order valence-corrected chi connectivity index (χ1v) is 6.76. The second-order valence-corrected chi connectivity index (χ2v) is 5.13. The number of nitrogens with zero attached hydrogens (tertiary/aromatic N) is 1. The van der Waals surface area contributed by atoms with Gasteiger partial charge in [0.05, 0.1) is 0 Å². The number of hydrogen-bond acceptors (Lipinski definition) is 3. The second kappa shape index (κ2) is 6.28. The van der Waals surface area contributed by atoms with E-state index in [0.29, 0.717) is 4.47 Å². The lowest BCUT2D eigenvalue weighted by Gasteiger charge is -2.15. The smallest absolute Gasteiger partial charge is 0.224 e. The zero-order chi connectivity index (χ0) is 14.7. The first-order valence-electron chi connectivity index (χ1n) is 5.97. The van der Waals surface area contributed by atoms with Crippen LogP contribution < -0.4 is 10.1 Å². The minimum Gasteiger partial charge on any atom is -0.435 e. The van der Waals surface area contributed by atoms with Crippen molar-refractivity contribution in [2.75, 3.05) is 7.05 Å². The summed E-state index contributed by atoms with van der Waals surface area (Å²) < 4.78 is 32.9. The van der Waals surface area contributed by atoms with Gasteiger partial charge >= 0.3 is 0 Å². The highest BCUT2D eigenvalue weighted by Crippen LogP contribution is 2.31. The van der Waals surface area contributed by atoms with E-state index in [4.69, 9.17) is 4.74 Å². The van der Waals surface area contributed by atoms with Crippen molar-refractivity contribution >= 4 is 15.9 Å². The van der Waals surface area contributed by atoms with Crippen molar-refractivity contribution in [2.24, 2.45) is 0 Å². The SMILES string of the molecule is CNC(C)c1cccnc1Oc1cc(Br)cc(F)c1F. The van der Waals surface area contributed by atoms with Gasteiger partial charge in [-0.15, -0.1) is 0 Å². The predicted octanol–water partition coefficient (Wildman–Crippen LogP) is 4.20. The van der Waals surface area contributed by atoms with Gasteiger partial charge in [0.15, 0.2) is 11.6 Å². The second-order valence-electron chi connectivity index (χ2n) is 4.21.